The maximum Gasteiger partial charge on any atom is 0.255 e. The third-order valence-corrected chi connectivity index (χ3v) is 5.27. The summed E-state index contributed by atoms with van der Waals surface area (Å²) in [7, 11) is 5.57. The fourth-order valence-corrected chi connectivity index (χ4v) is 3.48. The Hall–Kier alpha value is -3.59. The molecule has 0 N–H and O–H groups in total. The van der Waals surface area contributed by atoms with Gasteiger partial charge in [0.25, 0.3) is 5.56 Å². The van der Waals surface area contributed by atoms with E-state index in [9.17, 15) is 9.59 Å². The van der Waals surface area contributed by atoms with Crippen LogP contribution in [0.3, 0.4) is 0 Å². The van der Waals surface area contributed by atoms with Crippen LogP contribution in [0, 0.1) is 0 Å². The van der Waals surface area contributed by atoms with Crippen LogP contribution in [0.4, 0.5) is 11.6 Å². The van der Waals surface area contributed by atoms with Crippen molar-refractivity contribution >= 4 is 17.4 Å². The molecule has 1 unspecified atom stereocenters. The Balaban J connectivity index is 1.59. The molecule has 1 saturated heterocycles. The van der Waals surface area contributed by atoms with Crippen LogP contribution >= 0.6 is 0 Å². The summed E-state index contributed by atoms with van der Waals surface area (Å²) in [5.74, 6) is 0.386. The molecule has 3 heterocycles. The molecule has 0 saturated carbocycles. The van der Waals surface area contributed by atoms with E-state index in [0.717, 1.165) is 5.69 Å². The summed E-state index contributed by atoms with van der Waals surface area (Å²) in [4.78, 5) is 42.2. The highest BCUT2D eigenvalue weighted by molar-refractivity contribution is 6.00. The number of Topliss-reactive ketones (excluding diaryl/α,β-unsaturated/α-hetero) is 1. The summed E-state index contributed by atoms with van der Waals surface area (Å²) in [5.41, 5.74) is 2.44. The molecule has 1 atom stereocenters. The molecule has 0 radical (unpaired) electrons. The lowest BCUT2D eigenvalue weighted by atomic mass is 10.0. The molecule has 9 heteroatoms. The zero-order valence-corrected chi connectivity index (χ0v) is 17.7. The maximum absolute atomic E-state index is 13.0. The van der Waals surface area contributed by atoms with Crippen LogP contribution in [-0.2, 0) is 11.8 Å². The first-order chi connectivity index (χ1) is 14.9. The number of carbonyl (C=O) groups excluding carboxylic acids is 1. The van der Waals surface area contributed by atoms with E-state index in [0.29, 0.717) is 42.6 Å². The fourth-order valence-electron chi connectivity index (χ4n) is 3.48. The number of carbonyl (C=O) groups is 1. The van der Waals surface area contributed by atoms with Gasteiger partial charge in [0.05, 0.1) is 24.5 Å². The van der Waals surface area contributed by atoms with Crippen LogP contribution in [0.2, 0.25) is 0 Å². The number of benzene rings is 1. The van der Waals surface area contributed by atoms with Gasteiger partial charge in [-0.25, -0.2) is 15.0 Å². The van der Waals surface area contributed by atoms with Crippen molar-refractivity contribution in [2.75, 3.05) is 43.6 Å². The number of ether oxygens (including phenoxy) is 1. The summed E-state index contributed by atoms with van der Waals surface area (Å²) in [5, 5.41) is 0. The summed E-state index contributed by atoms with van der Waals surface area (Å²) in [6.45, 7) is 1.19. The molecule has 0 aliphatic carbocycles. The Morgan fingerprint density at radius 3 is 2.61 bits per heavy atom. The Labute approximate surface area is 180 Å². The lowest BCUT2D eigenvalue weighted by molar-refractivity contribution is 0.0337. The first kappa shape index (κ1) is 20.7. The van der Waals surface area contributed by atoms with Crippen molar-refractivity contribution in [2.45, 2.75) is 6.10 Å². The van der Waals surface area contributed by atoms with E-state index in [4.69, 9.17) is 4.74 Å². The second-order valence-electron chi connectivity index (χ2n) is 7.54. The molecule has 3 aromatic rings. The Kier molecular flexibility index (Phi) is 5.77. The molecule has 9 nitrogen and oxygen atoms in total. The third kappa shape index (κ3) is 4.31. The van der Waals surface area contributed by atoms with Crippen molar-refractivity contribution in [3.05, 3.63) is 64.8 Å². The van der Waals surface area contributed by atoms with Crippen LogP contribution in [0.25, 0.3) is 11.4 Å². The van der Waals surface area contributed by atoms with Crippen LogP contribution in [0.1, 0.15) is 10.4 Å². The predicted molar refractivity (Wildman–Crippen MR) is 118 cm³/mol. The Morgan fingerprint density at radius 1 is 1.16 bits per heavy atom. The normalized spacial score (nSPS) is 16.2. The summed E-state index contributed by atoms with van der Waals surface area (Å²) >= 11 is 0. The van der Waals surface area contributed by atoms with Gasteiger partial charge in [-0.15, -0.1) is 0 Å². The molecule has 0 amide bonds. The predicted octanol–water partition coefficient (Wildman–Crippen LogP) is 1.39. The number of hydrogen-bond donors (Lipinski definition) is 0. The number of morpholine rings is 1. The van der Waals surface area contributed by atoms with Crippen LogP contribution < -0.4 is 15.4 Å². The molecule has 160 valence electrons. The zero-order chi connectivity index (χ0) is 22.0. The second-order valence-corrected chi connectivity index (χ2v) is 7.54. The lowest BCUT2D eigenvalue weighted by Crippen LogP contribution is -2.48. The van der Waals surface area contributed by atoms with Gasteiger partial charge in [0.1, 0.15) is 12.4 Å². The van der Waals surface area contributed by atoms with Crippen LogP contribution in [-0.4, -0.2) is 65.2 Å². The molecule has 31 heavy (non-hydrogen) atoms. The summed E-state index contributed by atoms with van der Waals surface area (Å²) < 4.78 is 7.25. The van der Waals surface area contributed by atoms with Gasteiger partial charge >= 0.3 is 0 Å². The molecule has 2 aromatic heterocycles. The quantitative estimate of drug-likeness (QED) is 0.572. The topological polar surface area (TPSA) is 93.5 Å². The van der Waals surface area contributed by atoms with Gasteiger partial charge in [-0.3, -0.25) is 14.2 Å². The molecule has 1 fully saturated rings. The maximum atomic E-state index is 13.0. The summed E-state index contributed by atoms with van der Waals surface area (Å²) in [6.07, 6.45) is 2.38. The minimum Gasteiger partial charge on any atom is -0.378 e. The SMILES string of the molecule is CN(C)c1ccc(C(=O)C2CN(c3nc(-c4ccncn4)cc(=O)n3C)CCO2)cc1. The first-order valence-corrected chi connectivity index (χ1v) is 9.96. The lowest BCUT2D eigenvalue weighted by Gasteiger charge is -2.33. The third-order valence-electron chi connectivity index (χ3n) is 5.27. The van der Waals surface area contributed by atoms with Crippen molar-refractivity contribution in [1.82, 2.24) is 19.5 Å². The monoisotopic (exact) mass is 420 g/mol. The molecule has 1 aromatic carbocycles. The van der Waals surface area contributed by atoms with Crippen molar-refractivity contribution in [2.24, 2.45) is 7.05 Å². The molecule has 0 bridgehead atoms. The van der Waals surface area contributed by atoms with Gasteiger partial charge in [-0.2, -0.15) is 0 Å². The molecule has 4 rings (SSSR count). The highest BCUT2D eigenvalue weighted by Gasteiger charge is 2.29. The van der Waals surface area contributed by atoms with Crippen molar-refractivity contribution in [1.29, 1.82) is 0 Å². The van der Waals surface area contributed by atoms with E-state index in [1.165, 1.54) is 17.0 Å². The minimum absolute atomic E-state index is 0.0908. The number of rotatable bonds is 5. The van der Waals surface area contributed by atoms with Gasteiger partial charge in [0, 0.05) is 51.2 Å². The largest absolute Gasteiger partial charge is 0.378 e. The van der Waals surface area contributed by atoms with Crippen LogP contribution in [0.15, 0.2) is 53.7 Å². The molecular formula is C22H24N6O3. The number of nitrogens with zero attached hydrogens (tertiary/aromatic N) is 6. The molecule has 1 aliphatic heterocycles. The second kappa shape index (κ2) is 8.65. The molecule has 1 aliphatic rings. The number of anilines is 2. The number of ketones is 1. The van der Waals surface area contributed by atoms with Gasteiger partial charge in [-0.05, 0) is 30.3 Å². The Morgan fingerprint density at radius 2 is 1.94 bits per heavy atom. The first-order valence-electron chi connectivity index (χ1n) is 9.96. The standard InChI is InChI=1S/C22H24N6O3/c1-26(2)16-6-4-15(5-7-16)21(30)19-13-28(10-11-31-19)22-25-18(12-20(29)27(22)3)17-8-9-23-14-24-17/h4-9,12,14,19H,10-11,13H2,1-3H3. The average molecular weight is 420 g/mol. The molecular weight excluding hydrogens is 396 g/mol. The van der Waals surface area contributed by atoms with E-state index < -0.39 is 6.10 Å². The molecule has 0 spiro atoms. The van der Waals surface area contributed by atoms with Gasteiger partial charge in [0.15, 0.2) is 5.78 Å². The minimum atomic E-state index is -0.640. The number of hydrogen-bond acceptors (Lipinski definition) is 8. The zero-order valence-electron chi connectivity index (χ0n) is 17.7. The van der Waals surface area contributed by atoms with E-state index in [-0.39, 0.29) is 11.3 Å². The highest BCUT2D eigenvalue weighted by atomic mass is 16.5. The smallest absolute Gasteiger partial charge is 0.255 e. The number of aromatic nitrogens is 4. The van der Waals surface area contributed by atoms with E-state index in [1.54, 1.807) is 19.3 Å². The van der Waals surface area contributed by atoms with Crippen molar-refractivity contribution in [3.63, 3.8) is 0 Å². The fraction of sp³-hybridized carbons (Fsp3) is 0.318. The van der Waals surface area contributed by atoms with Crippen LogP contribution in [0.5, 0.6) is 0 Å². The van der Waals surface area contributed by atoms with Gasteiger partial charge in [0.2, 0.25) is 5.95 Å². The van der Waals surface area contributed by atoms with E-state index in [2.05, 4.69) is 15.0 Å². The summed E-state index contributed by atoms with van der Waals surface area (Å²) in [6, 6.07) is 10.6. The van der Waals surface area contributed by atoms with Crippen molar-refractivity contribution in [3.8, 4) is 11.4 Å². The Bertz CT molecular complexity index is 1130. The van der Waals surface area contributed by atoms with E-state index in [1.807, 2.05) is 48.2 Å². The van der Waals surface area contributed by atoms with Crippen molar-refractivity contribution < 1.29 is 9.53 Å². The average Bonchev–Trinajstić information content (AvgIpc) is 2.81. The highest BCUT2D eigenvalue weighted by Crippen LogP contribution is 2.21. The van der Waals surface area contributed by atoms with E-state index >= 15 is 0 Å². The van der Waals surface area contributed by atoms with Gasteiger partial charge in [-0.1, -0.05) is 0 Å². The van der Waals surface area contributed by atoms with Gasteiger partial charge < -0.3 is 14.5 Å².